The molecule has 0 unspecified atom stereocenters. The van der Waals surface area contributed by atoms with Crippen LogP contribution in [-0.4, -0.2) is 10.8 Å². The van der Waals surface area contributed by atoms with Gasteiger partial charge in [0.2, 0.25) is 5.78 Å². The van der Waals surface area contributed by atoms with Crippen LogP contribution in [0, 0.1) is 3.57 Å². The normalized spacial score (nSPS) is 10.1. The highest BCUT2D eigenvalue weighted by Crippen LogP contribution is 2.21. The maximum atomic E-state index is 12.1. The van der Waals surface area contributed by atoms with Gasteiger partial charge in [0, 0.05) is 15.3 Å². The number of benzene rings is 1. The van der Waals surface area contributed by atoms with Crippen LogP contribution in [0.2, 0.25) is 5.02 Å². The molecule has 2 nitrogen and oxygen atoms in total. The summed E-state index contributed by atoms with van der Waals surface area (Å²) in [6.07, 6.45) is 1.59. The number of carbonyl (C=O) groups is 1. The van der Waals surface area contributed by atoms with E-state index in [-0.39, 0.29) is 5.78 Å². The van der Waals surface area contributed by atoms with Crippen molar-refractivity contribution in [1.82, 2.24) is 4.98 Å². The third kappa shape index (κ3) is 2.41. The molecular weight excluding hydrogens is 336 g/mol. The number of hydrogen-bond donors (Lipinski definition) is 0. The van der Waals surface area contributed by atoms with Gasteiger partial charge in [-0.3, -0.25) is 9.78 Å². The Bertz CT molecular complexity index is 528. The zero-order valence-electron chi connectivity index (χ0n) is 8.15. The number of ketones is 1. The molecule has 1 heterocycles. The molecule has 4 heteroatoms. The average Bonchev–Trinajstić information content (AvgIpc) is 2.32. The number of hydrogen-bond acceptors (Lipinski definition) is 2. The second-order valence-electron chi connectivity index (χ2n) is 3.17. The van der Waals surface area contributed by atoms with Gasteiger partial charge in [0.25, 0.3) is 0 Å². The van der Waals surface area contributed by atoms with E-state index in [1.165, 1.54) is 0 Å². The molecule has 0 bridgehead atoms. The van der Waals surface area contributed by atoms with Crippen molar-refractivity contribution in [3.8, 4) is 0 Å². The van der Waals surface area contributed by atoms with E-state index >= 15 is 0 Å². The van der Waals surface area contributed by atoms with Gasteiger partial charge in [0.15, 0.2) is 0 Å². The fourth-order valence-corrected chi connectivity index (χ4v) is 2.00. The van der Waals surface area contributed by atoms with E-state index < -0.39 is 0 Å². The highest BCUT2D eigenvalue weighted by Gasteiger charge is 2.13. The van der Waals surface area contributed by atoms with Crippen LogP contribution in [-0.2, 0) is 0 Å². The lowest BCUT2D eigenvalue weighted by atomic mass is 10.1. The van der Waals surface area contributed by atoms with Crippen molar-refractivity contribution in [3.05, 3.63) is 62.4 Å². The summed E-state index contributed by atoms with van der Waals surface area (Å²) in [5.41, 5.74) is 0.902. The van der Waals surface area contributed by atoms with Gasteiger partial charge in [-0.2, -0.15) is 0 Å². The minimum absolute atomic E-state index is 0.149. The molecule has 16 heavy (non-hydrogen) atoms. The van der Waals surface area contributed by atoms with E-state index in [0.717, 1.165) is 3.57 Å². The van der Waals surface area contributed by atoms with Gasteiger partial charge in [-0.25, -0.2) is 0 Å². The fraction of sp³-hybridized carbons (Fsp3) is 0. The van der Waals surface area contributed by atoms with Gasteiger partial charge in [-0.05, 0) is 52.9 Å². The van der Waals surface area contributed by atoms with Crippen LogP contribution in [0.5, 0.6) is 0 Å². The molecule has 80 valence electrons. The maximum absolute atomic E-state index is 12.1. The van der Waals surface area contributed by atoms with E-state index in [1.54, 1.807) is 36.5 Å². The topological polar surface area (TPSA) is 30.0 Å². The zero-order valence-corrected chi connectivity index (χ0v) is 11.1. The van der Waals surface area contributed by atoms with Crippen molar-refractivity contribution in [3.63, 3.8) is 0 Å². The molecule has 0 fully saturated rings. The summed E-state index contributed by atoms with van der Waals surface area (Å²) < 4.78 is 0.973. The van der Waals surface area contributed by atoms with E-state index in [4.69, 9.17) is 11.6 Å². The molecule has 0 N–H and O–H groups in total. The number of carbonyl (C=O) groups excluding carboxylic acids is 1. The molecule has 0 saturated heterocycles. The fourth-order valence-electron chi connectivity index (χ4n) is 1.31. The summed E-state index contributed by atoms with van der Waals surface area (Å²) in [5.74, 6) is -0.149. The summed E-state index contributed by atoms with van der Waals surface area (Å²) in [6, 6.07) is 10.6. The van der Waals surface area contributed by atoms with Crippen LogP contribution in [0.25, 0.3) is 0 Å². The molecular formula is C12H7ClINO. The number of pyridine rings is 1. The van der Waals surface area contributed by atoms with Crippen molar-refractivity contribution < 1.29 is 4.79 Å². The van der Waals surface area contributed by atoms with Gasteiger partial charge in [-0.1, -0.05) is 17.7 Å². The van der Waals surface area contributed by atoms with Crippen molar-refractivity contribution in [2.75, 3.05) is 0 Å². The second-order valence-corrected chi connectivity index (χ2v) is 4.82. The first kappa shape index (κ1) is 11.5. The van der Waals surface area contributed by atoms with Gasteiger partial charge in [0.1, 0.15) is 5.69 Å². The first-order chi connectivity index (χ1) is 7.68. The number of nitrogens with zero attached hydrogens (tertiary/aromatic N) is 1. The van der Waals surface area contributed by atoms with Gasteiger partial charge >= 0.3 is 0 Å². The van der Waals surface area contributed by atoms with Crippen LogP contribution in [0.1, 0.15) is 16.1 Å². The third-order valence-corrected chi connectivity index (χ3v) is 3.07. The molecule has 1 aromatic heterocycles. The van der Waals surface area contributed by atoms with Crippen LogP contribution in [0.4, 0.5) is 0 Å². The Morgan fingerprint density at radius 1 is 1.25 bits per heavy atom. The van der Waals surface area contributed by atoms with Crippen molar-refractivity contribution >= 4 is 40.0 Å². The highest BCUT2D eigenvalue weighted by molar-refractivity contribution is 14.1. The minimum atomic E-state index is -0.149. The first-order valence-electron chi connectivity index (χ1n) is 4.59. The van der Waals surface area contributed by atoms with Gasteiger partial charge in [0.05, 0.1) is 5.02 Å². The first-order valence-corrected chi connectivity index (χ1v) is 6.05. The standard InChI is InChI=1S/C12H7ClINO/c13-10-5-4-8(14)7-9(10)12(16)11-3-1-2-6-15-11/h1-7H. The second kappa shape index (κ2) is 4.93. The molecule has 0 saturated carbocycles. The minimum Gasteiger partial charge on any atom is -0.287 e. The largest absolute Gasteiger partial charge is 0.287 e. The Morgan fingerprint density at radius 3 is 2.75 bits per heavy atom. The monoisotopic (exact) mass is 343 g/mol. The van der Waals surface area contributed by atoms with Crippen LogP contribution in [0.3, 0.4) is 0 Å². The third-order valence-electron chi connectivity index (χ3n) is 2.07. The highest BCUT2D eigenvalue weighted by atomic mass is 127. The smallest absolute Gasteiger partial charge is 0.212 e. The van der Waals surface area contributed by atoms with Crippen molar-refractivity contribution in [2.24, 2.45) is 0 Å². The van der Waals surface area contributed by atoms with Crippen molar-refractivity contribution in [2.45, 2.75) is 0 Å². The summed E-state index contributed by atoms with van der Waals surface area (Å²) >= 11 is 8.13. The molecule has 0 aliphatic carbocycles. The molecule has 2 aromatic rings. The lowest BCUT2D eigenvalue weighted by Crippen LogP contribution is -2.04. The zero-order chi connectivity index (χ0) is 11.5. The lowest BCUT2D eigenvalue weighted by molar-refractivity contribution is 0.103. The van der Waals surface area contributed by atoms with Crippen LogP contribution in [0.15, 0.2) is 42.6 Å². The molecule has 0 aliphatic heterocycles. The van der Waals surface area contributed by atoms with Gasteiger partial charge < -0.3 is 0 Å². The Morgan fingerprint density at radius 2 is 2.06 bits per heavy atom. The number of aromatic nitrogens is 1. The predicted molar refractivity (Wildman–Crippen MR) is 71.8 cm³/mol. The summed E-state index contributed by atoms with van der Waals surface area (Å²) in [6.45, 7) is 0. The SMILES string of the molecule is O=C(c1ccccn1)c1cc(I)ccc1Cl. The van der Waals surface area contributed by atoms with E-state index in [9.17, 15) is 4.79 Å². The van der Waals surface area contributed by atoms with Gasteiger partial charge in [-0.15, -0.1) is 0 Å². The summed E-state index contributed by atoms with van der Waals surface area (Å²) in [4.78, 5) is 16.1. The van der Waals surface area contributed by atoms with Crippen LogP contribution >= 0.6 is 34.2 Å². The predicted octanol–water partition coefficient (Wildman–Crippen LogP) is 3.57. The molecule has 0 aliphatic rings. The molecule has 0 amide bonds. The van der Waals surface area contributed by atoms with E-state index in [1.807, 2.05) is 6.07 Å². The molecule has 0 spiro atoms. The Labute approximate surface area is 112 Å². The van der Waals surface area contributed by atoms with E-state index in [0.29, 0.717) is 16.3 Å². The average molecular weight is 344 g/mol. The Hall–Kier alpha value is -0.940. The molecule has 0 atom stereocenters. The van der Waals surface area contributed by atoms with Crippen LogP contribution < -0.4 is 0 Å². The molecule has 2 rings (SSSR count). The lowest BCUT2D eigenvalue weighted by Gasteiger charge is -2.03. The van der Waals surface area contributed by atoms with Crippen molar-refractivity contribution in [1.29, 1.82) is 0 Å². The summed E-state index contributed by atoms with van der Waals surface area (Å²) in [7, 11) is 0. The quantitative estimate of drug-likeness (QED) is 0.616. The number of rotatable bonds is 2. The van der Waals surface area contributed by atoms with E-state index in [2.05, 4.69) is 27.6 Å². The Kier molecular flexibility index (Phi) is 3.56. The molecule has 0 radical (unpaired) electrons. The summed E-state index contributed by atoms with van der Waals surface area (Å²) in [5, 5.41) is 0.455. The Balaban J connectivity index is 2.46. The number of halogens is 2. The molecule has 1 aromatic carbocycles. The maximum Gasteiger partial charge on any atom is 0.212 e.